The van der Waals surface area contributed by atoms with Crippen LogP contribution in [0.5, 0.6) is 0 Å². The summed E-state index contributed by atoms with van der Waals surface area (Å²) >= 11 is 1.69. The molecule has 1 fully saturated rings. The molecule has 90 valence electrons. The molecule has 0 amide bonds. The van der Waals surface area contributed by atoms with Crippen molar-refractivity contribution in [2.24, 2.45) is 11.8 Å². The highest BCUT2D eigenvalue weighted by atomic mass is 32.1. The molecule has 0 saturated heterocycles. The second kappa shape index (κ2) is 5.73. The number of aromatic nitrogens is 2. The molecule has 0 spiro atoms. The van der Waals surface area contributed by atoms with Crippen LogP contribution < -0.4 is 5.32 Å². The lowest BCUT2D eigenvalue weighted by atomic mass is 9.82. The molecule has 16 heavy (non-hydrogen) atoms. The van der Waals surface area contributed by atoms with Crippen LogP contribution >= 0.6 is 11.3 Å². The van der Waals surface area contributed by atoms with Gasteiger partial charge in [0.1, 0.15) is 10.0 Å². The van der Waals surface area contributed by atoms with Gasteiger partial charge in [-0.1, -0.05) is 19.8 Å². The number of nitrogens with one attached hydrogen (secondary N) is 1. The van der Waals surface area contributed by atoms with Gasteiger partial charge in [-0.15, -0.1) is 21.5 Å². The fourth-order valence-electron chi connectivity index (χ4n) is 2.54. The van der Waals surface area contributed by atoms with E-state index in [9.17, 15) is 0 Å². The predicted molar refractivity (Wildman–Crippen MR) is 67.5 cm³/mol. The highest BCUT2D eigenvalue weighted by Gasteiger charge is 2.18. The van der Waals surface area contributed by atoms with Gasteiger partial charge in [-0.3, -0.25) is 0 Å². The first-order valence-corrected chi connectivity index (χ1v) is 7.05. The molecule has 0 aromatic carbocycles. The van der Waals surface area contributed by atoms with Crippen molar-refractivity contribution >= 4 is 11.3 Å². The van der Waals surface area contributed by atoms with E-state index in [4.69, 9.17) is 0 Å². The van der Waals surface area contributed by atoms with Crippen LogP contribution in [0.2, 0.25) is 0 Å². The minimum Gasteiger partial charge on any atom is -0.310 e. The lowest BCUT2D eigenvalue weighted by Crippen LogP contribution is -2.26. The van der Waals surface area contributed by atoms with E-state index in [2.05, 4.69) is 22.4 Å². The molecule has 2 atom stereocenters. The number of rotatable bonds is 4. The van der Waals surface area contributed by atoms with Gasteiger partial charge in [0.05, 0.1) is 0 Å². The maximum atomic E-state index is 4.12. The first kappa shape index (κ1) is 12.0. The zero-order chi connectivity index (χ0) is 11.4. The van der Waals surface area contributed by atoms with Crippen molar-refractivity contribution in [3.8, 4) is 0 Å². The maximum Gasteiger partial charge on any atom is 0.131 e. The van der Waals surface area contributed by atoms with E-state index >= 15 is 0 Å². The summed E-state index contributed by atoms with van der Waals surface area (Å²) in [5, 5.41) is 13.8. The molecule has 1 saturated carbocycles. The van der Waals surface area contributed by atoms with Crippen molar-refractivity contribution < 1.29 is 0 Å². The van der Waals surface area contributed by atoms with E-state index in [0.29, 0.717) is 0 Å². The number of nitrogens with zero attached hydrogens (tertiary/aromatic N) is 2. The monoisotopic (exact) mass is 239 g/mol. The molecule has 1 aliphatic carbocycles. The first-order chi connectivity index (χ1) is 7.74. The van der Waals surface area contributed by atoms with Crippen LogP contribution in [0.4, 0.5) is 0 Å². The van der Waals surface area contributed by atoms with Gasteiger partial charge in [0.15, 0.2) is 0 Å². The lowest BCUT2D eigenvalue weighted by Gasteiger charge is -2.26. The average Bonchev–Trinajstić information content (AvgIpc) is 2.64. The molecule has 1 N–H and O–H groups in total. The van der Waals surface area contributed by atoms with E-state index in [1.165, 1.54) is 25.7 Å². The largest absolute Gasteiger partial charge is 0.310 e. The summed E-state index contributed by atoms with van der Waals surface area (Å²) in [5.41, 5.74) is 0. The van der Waals surface area contributed by atoms with Gasteiger partial charge in [-0.05, 0) is 38.1 Å². The molecular weight excluding hydrogens is 218 g/mol. The predicted octanol–water partition coefficient (Wildman–Crippen LogP) is 2.76. The Bertz CT molecular complexity index is 324. The Morgan fingerprint density at radius 2 is 2.25 bits per heavy atom. The van der Waals surface area contributed by atoms with Gasteiger partial charge in [-0.25, -0.2) is 0 Å². The minimum absolute atomic E-state index is 0.873. The third-order valence-corrected chi connectivity index (χ3v) is 4.16. The summed E-state index contributed by atoms with van der Waals surface area (Å²) in [6.45, 7) is 6.41. The van der Waals surface area contributed by atoms with Crippen molar-refractivity contribution in [2.75, 3.05) is 6.54 Å². The number of hydrogen-bond acceptors (Lipinski definition) is 4. The Morgan fingerprint density at radius 3 is 2.94 bits per heavy atom. The van der Waals surface area contributed by atoms with Crippen LogP contribution in [0, 0.1) is 18.8 Å². The summed E-state index contributed by atoms with van der Waals surface area (Å²) in [6, 6.07) is 0. The summed E-state index contributed by atoms with van der Waals surface area (Å²) in [5.74, 6) is 1.79. The molecule has 1 aromatic heterocycles. The Balaban J connectivity index is 1.67. The average molecular weight is 239 g/mol. The van der Waals surface area contributed by atoms with Crippen LogP contribution in [0.3, 0.4) is 0 Å². The first-order valence-electron chi connectivity index (χ1n) is 6.23. The molecule has 1 aliphatic rings. The van der Waals surface area contributed by atoms with E-state index in [-0.39, 0.29) is 0 Å². The van der Waals surface area contributed by atoms with Gasteiger partial charge in [0, 0.05) is 6.54 Å². The van der Waals surface area contributed by atoms with Crippen molar-refractivity contribution in [3.05, 3.63) is 10.0 Å². The lowest BCUT2D eigenvalue weighted by molar-refractivity contribution is 0.274. The zero-order valence-electron chi connectivity index (χ0n) is 10.2. The Labute approximate surface area is 102 Å². The zero-order valence-corrected chi connectivity index (χ0v) is 11.0. The highest BCUT2D eigenvalue weighted by molar-refractivity contribution is 7.11. The molecule has 0 radical (unpaired) electrons. The molecule has 3 nitrogen and oxygen atoms in total. The topological polar surface area (TPSA) is 37.8 Å². The number of aryl methyl sites for hydroxylation is 1. The van der Waals surface area contributed by atoms with Crippen LogP contribution in [0.25, 0.3) is 0 Å². The molecule has 2 rings (SSSR count). The molecule has 2 unspecified atom stereocenters. The fourth-order valence-corrected chi connectivity index (χ4v) is 3.22. The van der Waals surface area contributed by atoms with Crippen molar-refractivity contribution in [3.63, 3.8) is 0 Å². The molecule has 4 heteroatoms. The van der Waals surface area contributed by atoms with Crippen molar-refractivity contribution in [2.45, 2.75) is 46.1 Å². The second-order valence-corrected chi connectivity index (χ2v) is 6.25. The quantitative estimate of drug-likeness (QED) is 0.878. The molecule has 1 heterocycles. The third kappa shape index (κ3) is 3.52. The van der Waals surface area contributed by atoms with Crippen LogP contribution in [-0.4, -0.2) is 16.7 Å². The summed E-state index contributed by atoms with van der Waals surface area (Å²) in [7, 11) is 0. The SMILES string of the molecule is Cc1nnc(CNCC2CCCC(C)C2)s1. The van der Waals surface area contributed by atoms with Crippen LogP contribution in [0.1, 0.15) is 42.6 Å². The molecule has 0 aliphatic heterocycles. The molecular formula is C12H21N3S. The Morgan fingerprint density at radius 1 is 1.38 bits per heavy atom. The van der Waals surface area contributed by atoms with Gasteiger partial charge in [0.25, 0.3) is 0 Å². The minimum atomic E-state index is 0.873. The summed E-state index contributed by atoms with van der Waals surface area (Å²) < 4.78 is 0. The number of hydrogen-bond donors (Lipinski definition) is 1. The second-order valence-electron chi connectivity index (χ2n) is 4.98. The molecule has 1 aromatic rings. The van der Waals surface area contributed by atoms with E-state index in [1.807, 2.05) is 6.92 Å². The van der Waals surface area contributed by atoms with Gasteiger partial charge in [-0.2, -0.15) is 0 Å². The van der Waals surface area contributed by atoms with Gasteiger partial charge < -0.3 is 5.32 Å². The summed E-state index contributed by atoms with van der Waals surface area (Å²) in [6.07, 6.45) is 5.62. The fraction of sp³-hybridized carbons (Fsp3) is 0.833. The third-order valence-electron chi connectivity index (χ3n) is 3.32. The van der Waals surface area contributed by atoms with Gasteiger partial charge in [0.2, 0.25) is 0 Å². The molecule has 0 bridgehead atoms. The maximum absolute atomic E-state index is 4.12. The smallest absolute Gasteiger partial charge is 0.131 e. The van der Waals surface area contributed by atoms with Gasteiger partial charge >= 0.3 is 0 Å². The van der Waals surface area contributed by atoms with E-state index in [1.54, 1.807) is 11.3 Å². The summed E-state index contributed by atoms with van der Waals surface area (Å²) in [4.78, 5) is 0. The van der Waals surface area contributed by atoms with Crippen molar-refractivity contribution in [1.82, 2.24) is 15.5 Å². The van der Waals surface area contributed by atoms with Crippen LogP contribution in [-0.2, 0) is 6.54 Å². The Kier molecular flexibility index (Phi) is 4.29. The van der Waals surface area contributed by atoms with E-state index in [0.717, 1.165) is 34.9 Å². The highest BCUT2D eigenvalue weighted by Crippen LogP contribution is 2.27. The normalized spacial score (nSPS) is 25.9. The standard InChI is InChI=1S/C12H21N3S/c1-9-4-3-5-11(6-9)7-13-8-12-15-14-10(2)16-12/h9,11,13H,3-8H2,1-2H3. The Hall–Kier alpha value is -0.480. The van der Waals surface area contributed by atoms with Crippen LogP contribution in [0.15, 0.2) is 0 Å². The van der Waals surface area contributed by atoms with E-state index < -0.39 is 0 Å². The van der Waals surface area contributed by atoms with Crippen molar-refractivity contribution in [1.29, 1.82) is 0 Å².